The van der Waals surface area contributed by atoms with Crippen LogP contribution in [0.25, 0.3) is 0 Å². The molecule has 0 atom stereocenters. The number of rotatable bonds is 3. The van der Waals surface area contributed by atoms with Gasteiger partial charge in [0.25, 0.3) is 0 Å². The number of phenolic OH excluding ortho intramolecular Hbond substituents is 1. The van der Waals surface area contributed by atoms with E-state index in [9.17, 15) is 14.7 Å². The SMILES string of the molecule is O=C(NN=Cc1cccc(O)c1)C(=O)NC1CCCCCC1. The normalized spacial score (nSPS) is 16.2. The molecule has 1 aliphatic rings. The van der Waals surface area contributed by atoms with Gasteiger partial charge in [-0.05, 0) is 30.5 Å². The maximum atomic E-state index is 11.8. The van der Waals surface area contributed by atoms with Crippen LogP contribution in [-0.2, 0) is 9.59 Å². The molecule has 0 aromatic heterocycles. The lowest BCUT2D eigenvalue weighted by Crippen LogP contribution is -2.43. The third-order valence-corrected chi connectivity index (χ3v) is 3.65. The van der Waals surface area contributed by atoms with Crippen molar-refractivity contribution in [2.75, 3.05) is 0 Å². The minimum absolute atomic E-state index is 0.0794. The first kappa shape index (κ1) is 16.0. The lowest BCUT2D eigenvalue weighted by atomic mass is 10.1. The number of carbonyl (C=O) groups is 2. The molecule has 0 spiro atoms. The van der Waals surface area contributed by atoms with E-state index in [0.29, 0.717) is 5.56 Å². The monoisotopic (exact) mass is 303 g/mol. The highest BCUT2D eigenvalue weighted by Gasteiger charge is 2.19. The topological polar surface area (TPSA) is 90.8 Å². The van der Waals surface area contributed by atoms with Gasteiger partial charge in [-0.3, -0.25) is 9.59 Å². The number of benzene rings is 1. The summed E-state index contributed by atoms with van der Waals surface area (Å²) < 4.78 is 0. The first-order chi connectivity index (χ1) is 10.6. The molecule has 6 nitrogen and oxygen atoms in total. The van der Waals surface area contributed by atoms with E-state index in [0.717, 1.165) is 25.7 Å². The van der Waals surface area contributed by atoms with Gasteiger partial charge < -0.3 is 10.4 Å². The molecule has 1 aromatic rings. The molecule has 118 valence electrons. The molecule has 0 unspecified atom stereocenters. The number of hydrazone groups is 1. The van der Waals surface area contributed by atoms with Crippen molar-refractivity contribution in [3.05, 3.63) is 29.8 Å². The Bertz CT molecular complexity index is 549. The zero-order chi connectivity index (χ0) is 15.8. The smallest absolute Gasteiger partial charge is 0.329 e. The highest BCUT2D eigenvalue weighted by molar-refractivity contribution is 6.35. The lowest BCUT2D eigenvalue weighted by molar-refractivity contribution is -0.139. The number of hydrogen-bond donors (Lipinski definition) is 3. The van der Waals surface area contributed by atoms with Gasteiger partial charge in [-0.25, -0.2) is 5.43 Å². The van der Waals surface area contributed by atoms with Gasteiger partial charge in [0.05, 0.1) is 6.21 Å². The van der Waals surface area contributed by atoms with E-state index in [1.807, 2.05) is 0 Å². The Morgan fingerprint density at radius 2 is 1.86 bits per heavy atom. The van der Waals surface area contributed by atoms with E-state index in [1.54, 1.807) is 12.1 Å². The summed E-state index contributed by atoms with van der Waals surface area (Å²) in [5.41, 5.74) is 2.82. The summed E-state index contributed by atoms with van der Waals surface area (Å²) in [6.07, 6.45) is 7.76. The van der Waals surface area contributed by atoms with Crippen molar-refractivity contribution in [2.24, 2.45) is 5.10 Å². The quantitative estimate of drug-likeness (QED) is 0.343. The molecule has 0 radical (unpaired) electrons. The maximum Gasteiger partial charge on any atom is 0.329 e. The second kappa shape index (κ2) is 8.17. The van der Waals surface area contributed by atoms with Crippen LogP contribution < -0.4 is 10.7 Å². The molecule has 2 rings (SSSR count). The number of amides is 2. The van der Waals surface area contributed by atoms with Crippen LogP contribution >= 0.6 is 0 Å². The van der Waals surface area contributed by atoms with Crippen molar-refractivity contribution >= 4 is 18.0 Å². The second-order valence-corrected chi connectivity index (χ2v) is 5.46. The van der Waals surface area contributed by atoms with Gasteiger partial charge in [0.1, 0.15) is 5.75 Å². The zero-order valence-corrected chi connectivity index (χ0v) is 12.4. The average Bonchev–Trinajstić information content (AvgIpc) is 2.76. The lowest BCUT2D eigenvalue weighted by Gasteiger charge is -2.14. The minimum Gasteiger partial charge on any atom is -0.508 e. The third-order valence-electron chi connectivity index (χ3n) is 3.65. The molecular weight excluding hydrogens is 282 g/mol. The molecule has 22 heavy (non-hydrogen) atoms. The van der Waals surface area contributed by atoms with Crippen LogP contribution in [0, 0.1) is 0 Å². The molecule has 0 bridgehead atoms. The van der Waals surface area contributed by atoms with E-state index >= 15 is 0 Å². The van der Waals surface area contributed by atoms with Gasteiger partial charge in [-0.2, -0.15) is 5.10 Å². The van der Waals surface area contributed by atoms with Crippen LogP contribution in [0.4, 0.5) is 0 Å². The number of nitrogens with one attached hydrogen (secondary N) is 2. The molecule has 0 heterocycles. The van der Waals surface area contributed by atoms with Crippen LogP contribution in [0.3, 0.4) is 0 Å². The summed E-state index contributed by atoms with van der Waals surface area (Å²) in [6, 6.07) is 6.51. The van der Waals surface area contributed by atoms with Crippen molar-refractivity contribution in [3.63, 3.8) is 0 Å². The number of nitrogens with zero attached hydrogens (tertiary/aromatic N) is 1. The summed E-state index contributed by atoms with van der Waals surface area (Å²) >= 11 is 0. The van der Waals surface area contributed by atoms with Gasteiger partial charge in [-0.15, -0.1) is 0 Å². The largest absolute Gasteiger partial charge is 0.508 e. The molecule has 0 aliphatic heterocycles. The Labute approximate surface area is 129 Å². The highest BCUT2D eigenvalue weighted by Crippen LogP contribution is 2.17. The summed E-state index contributed by atoms with van der Waals surface area (Å²) in [5.74, 6) is -1.32. The first-order valence-electron chi connectivity index (χ1n) is 7.58. The standard InChI is InChI=1S/C16H21N3O3/c20-14-9-5-6-12(10-14)11-17-19-16(22)15(21)18-13-7-3-1-2-4-8-13/h5-6,9-11,13,20H,1-4,7-8H2,(H,18,21)(H,19,22). The molecule has 1 fully saturated rings. The summed E-state index contributed by atoms with van der Waals surface area (Å²) in [6.45, 7) is 0. The average molecular weight is 303 g/mol. The fourth-order valence-corrected chi connectivity index (χ4v) is 2.50. The second-order valence-electron chi connectivity index (χ2n) is 5.46. The van der Waals surface area contributed by atoms with Crippen LogP contribution in [0.5, 0.6) is 5.75 Å². The van der Waals surface area contributed by atoms with E-state index in [2.05, 4.69) is 15.8 Å². The van der Waals surface area contributed by atoms with Crippen LogP contribution in [0.1, 0.15) is 44.1 Å². The Morgan fingerprint density at radius 1 is 1.14 bits per heavy atom. The van der Waals surface area contributed by atoms with Gasteiger partial charge in [0, 0.05) is 6.04 Å². The molecule has 1 saturated carbocycles. The van der Waals surface area contributed by atoms with Gasteiger partial charge in [0.2, 0.25) is 0 Å². The van der Waals surface area contributed by atoms with Crippen molar-refractivity contribution < 1.29 is 14.7 Å². The number of carbonyl (C=O) groups excluding carboxylic acids is 2. The minimum atomic E-state index is -0.777. The number of aromatic hydroxyl groups is 1. The highest BCUT2D eigenvalue weighted by atomic mass is 16.3. The zero-order valence-electron chi connectivity index (χ0n) is 12.4. The molecule has 0 saturated heterocycles. The predicted molar refractivity (Wildman–Crippen MR) is 83.5 cm³/mol. The molecular formula is C16H21N3O3. The fourth-order valence-electron chi connectivity index (χ4n) is 2.50. The Balaban J connectivity index is 1.79. The third kappa shape index (κ3) is 5.20. The van der Waals surface area contributed by atoms with Gasteiger partial charge in [-0.1, -0.05) is 37.8 Å². The Kier molecular flexibility index (Phi) is 5.94. The summed E-state index contributed by atoms with van der Waals surface area (Å²) in [5, 5.41) is 15.8. The van der Waals surface area contributed by atoms with E-state index in [1.165, 1.54) is 31.2 Å². The van der Waals surface area contributed by atoms with E-state index < -0.39 is 11.8 Å². The van der Waals surface area contributed by atoms with Crippen molar-refractivity contribution in [1.29, 1.82) is 0 Å². The van der Waals surface area contributed by atoms with Crippen molar-refractivity contribution in [3.8, 4) is 5.75 Å². The fraction of sp³-hybridized carbons (Fsp3) is 0.438. The summed E-state index contributed by atoms with van der Waals surface area (Å²) in [4.78, 5) is 23.5. The predicted octanol–water partition coefficient (Wildman–Crippen LogP) is 1.68. The number of hydrogen-bond acceptors (Lipinski definition) is 4. The number of phenols is 1. The molecule has 1 aromatic carbocycles. The molecule has 2 amide bonds. The molecule has 1 aliphatic carbocycles. The molecule has 6 heteroatoms. The van der Waals surface area contributed by atoms with Gasteiger partial charge in [0.15, 0.2) is 0 Å². The van der Waals surface area contributed by atoms with Crippen molar-refractivity contribution in [2.45, 2.75) is 44.6 Å². The van der Waals surface area contributed by atoms with Crippen molar-refractivity contribution in [1.82, 2.24) is 10.7 Å². The van der Waals surface area contributed by atoms with Crippen LogP contribution in [0.15, 0.2) is 29.4 Å². The van der Waals surface area contributed by atoms with Crippen LogP contribution in [-0.4, -0.2) is 29.2 Å². The van der Waals surface area contributed by atoms with Crippen LogP contribution in [0.2, 0.25) is 0 Å². The molecule has 3 N–H and O–H groups in total. The first-order valence-corrected chi connectivity index (χ1v) is 7.58. The van der Waals surface area contributed by atoms with E-state index in [-0.39, 0.29) is 11.8 Å². The van der Waals surface area contributed by atoms with Gasteiger partial charge >= 0.3 is 11.8 Å². The maximum absolute atomic E-state index is 11.8. The van der Waals surface area contributed by atoms with E-state index in [4.69, 9.17) is 0 Å². The summed E-state index contributed by atoms with van der Waals surface area (Å²) in [7, 11) is 0. The Morgan fingerprint density at radius 3 is 2.55 bits per heavy atom. The Hall–Kier alpha value is -2.37.